The molecule has 0 bridgehead atoms. The lowest BCUT2D eigenvalue weighted by molar-refractivity contribution is 0.275. The van der Waals surface area contributed by atoms with Crippen molar-refractivity contribution in [1.82, 2.24) is 0 Å². The van der Waals surface area contributed by atoms with Gasteiger partial charge in [0.05, 0.1) is 5.69 Å². The number of halogens is 1. The van der Waals surface area contributed by atoms with Crippen LogP contribution in [0.4, 0.5) is 5.69 Å². The molecule has 0 radical (unpaired) electrons. The van der Waals surface area contributed by atoms with Crippen LogP contribution in [0.1, 0.15) is 6.92 Å². The third-order valence-electron chi connectivity index (χ3n) is 1.61. The first-order chi connectivity index (χ1) is 5.25. The number of ether oxygens (including phenoxy) is 1. The first kappa shape index (κ1) is 6.80. The third kappa shape index (κ3) is 1.14. The minimum Gasteiger partial charge on any atom is -0.469 e. The lowest BCUT2D eigenvalue weighted by Gasteiger charge is -2.00. The molecule has 0 spiro atoms. The molecule has 58 valence electrons. The minimum atomic E-state index is 0.0588. The van der Waals surface area contributed by atoms with Crippen LogP contribution in [0, 0.1) is 0 Å². The van der Waals surface area contributed by atoms with Gasteiger partial charge in [-0.05, 0) is 19.1 Å². The normalized spacial score (nSPS) is 20.4. The molecule has 0 amide bonds. The highest BCUT2D eigenvalue weighted by Gasteiger charge is 2.16. The van der Waals surface area contributed by atoms with Crippen LogP contribution in [0.3, 0.4) is 0 Å². The van der Waals surface area contributed by atoms with Crippen molar-refractivity contribution in [2.24, 2.45) is 0 Å². The molecule has 3 heteroatoms. The minimum absolute atomic E-state index is 0.0588. The maximum absolute atomic E-state index is 5.76. The molecular formula is C8H8ClNO. The predicted octanol–water partition coefficient (Wildman–Crippen LogP) is 2.49. The highest BCUT2D eigenvalue weighted by molar-refractivity contribution is 6.30. The van der Waals surface area contributed by atoms with Gasteiger partial charge in [-0.1, -0.05) is 11.6 Å². The molecule has 0 fully saturated rings. The maximum atomic E-state index is 5.76. The van der Waals surface area contributed by atoms with Crippen LogP contribution in [0.25, 0.3) is 0 Å². The SMILES string of the molecule is CC1Nc2ccc(Cl)cc2O1. The summed E-state index contributed by atoms with van der Waals surface area (Å²) in [6.45, 7) is 1.95. The summed E-state index contributed by atoms with van der Waals surface area (Å²) in [6, 6.07) is 5.57. The molecule has 0 saturated carbocycles. The first-order valence-corrected chi connectivity index (χ1v) is 3.86. The van der Waals surface area contributed by atoms with Crippen LogP contribution in [-0.4, -0.2) is 6.23 Å². The Kier molecular flexibility index (Phi) is 1.43. The van der Waals surface area contributed by atoms with Crippen molar-refractivity contribution in [2.45, 2.75) is 13.2 Å². The van der Waals surface area contributed by atoms with E-state index in [4.69, 9.17) is 16.3 Å². The van der Waals surface area contributed by atoms with Crippen molar-refractivity contribution in [3.8, 4) is 5.75 Å². The highest BCUT2D eigenvalue weighted by atomic mass is 35.5. The fraction of sp³-hybridized carbons (Fsp3) is 0.250. The average Bonchev–Trinajstić information content (AvgIpc) is 2.27. The second-order valence-electron chi connectivity index (χ2n) is 2.54. The fourth-order valence-electron chi connectivity index (χ4n) is 1.15. The van der Waals surface area contributed by atoms with E-state index in [1.165, 1.54) is 0 Å². The summed E-state index contributed by atoms with van der Waals surface area (Å²) < 4.78 is 5.39. The summed E-state index contributed by atoms with van der Waals surface area (Å²) in [4.78, 5) is 0. The van der Waals surface area contributed by atoms with Gasteiger partial charge in [-0.15, -0.1) is 0 Å². The van der Waals surface area contributed by atoms with Crippen LogP contribution in [0.15, 0.2) is 18.2 Å². The van der Waals surface area contributed by atoms with E-state index in [0.29, 0.717) is 5.02 Å². The lowest BCUT2D eigenvalue weighted by atomic mass is 10.3. The second-order valence-corrected chi connectivity index (χ2v) is 2.98. The molecule has 1 N–H and O–H groups in total. The summed E-state index contributed by atoms with van der Waals surface area (Å²) in [6.07, 6.45) is 0.0588. The van der Waals surface area contributed by atoms with Gasteiger partial charge in [0.15, 0.2) is 6.23 Å². The van der Waals surface area contributed by atoms with Crippen LogP contribution < -0.4 is 10.1 Å². The molecule has 0 aromatic heterocycles. The van der Waals surface area contributed by atoms with E-state index in [2.05, 4.69) is 5.32 Å². The topological polar surface area (TPSA) is 21.3 Å². The van der Waals surface area contributed by atoms with Crippen molar-refractivity contribution in [3.63, 3.8) is 0 Å². The van der Waals surface area contributed by atoms with Crippen molar-refractivity contribution in [1.29, 1.82) is 0 Å². The van der Waals surface area contributed by atoms with Gasteiger partial charge in [-0.25, -0.2) is 0 Å². The van der Waals surface area contributed by atoms with Crippen molar-refractivity contribution < 1.29 is 4.74 Å². The average molecular weight is 170 g/mol. The molecule has 0 saturated heterocycles. The Balaban J connectivity index is 2.43. The van der Waals surface area contributed by atoms with Gasteiger partial charge in [-0.3, -0.25) is 0 Å². The number of rotatable bonds is 0. The number of fused-ring (bicyclic) bond motifs is 1. The second kappa shape index (κ2) is 2.31. The van der Waals surface area contributed by atoms with Crippen LogP contribution >= 0.6 is 11.6 Å². The Bertz CT molecular complexity index is 287. The van der Waals surface area contributed by atoms with E-state index in [9.17, 15) is 0 Å². The zero-order chi connectivity index (χ0) is 7.84. The molecule has 1 unspecified atom stereocenters. The maximum Gasteiger partial charge on any atom is 0.167 e. The van der Waals surface area contributed by atoms with E-state index in [-0.39, 0.29) is 6.23 Å². The molecule has 0 aliphatic carbocycles. The van der Waals surface area contributed by atoms with Gasteiger partial charge in [-0.2, -0.15) is 0 Å². The van der Waals surface area contributed by atoms with Crippen molar-refractivity contribution >= 4 is 17.3 Å². The number of anilines is 1. The largest absolute Gasteiger partial charge is 0.469 e. The van der Waals surface area contributed by atoms with Crippen molar-refractivity contribution in [3.05, 3.63) is 23.2 Å². The molecule has 11 heavy (non-hydrogen) atoms. The quantitative estimate of drug-likeness (QED) is 0.645. The van der Waals surface area contributed by atoms with Crippen LogP contribution in [0.5, 0.6) is 5.75 Å². The zero-order valence-corrected chi connectivity index (χ0v) is 6.85. The summed E-state index contributed by atoms with van der Waals surface area (Å²) in [7, 11) is 0. The Morgan fingerprint density at radius 1 is 1.55 bits per heavy atom. The van der Waals surface area contributed by atoms with Gasteiger partial charge >= 0.3 is 0 Å². The third-order valence-corrected chi connectivity index (χ3v) is 1.84. The molecular weight excluding hydrogens is 162 g/mol. The number of nitrogens with one attached hydrogen (secondary N) is 1. The highest BCUT2D eigenvalue weighted by Crippen LogP contribution is 2.33. The van der Waals surface area contributed by atoms with Gasteiger partial charge in [0.2, 0.25) is 0 Å². The Labute approximate surface area is 70.1 Å². The fourth-order valence-corrected chi connectivity index (χ4v) is 1.31. The molecule has 1 aromatic rings. The van der Waals surface area contributed by atoms with Crippen molar-refractivity contribution in [2.75, 3.05) is 5.32 Å². The number of benzene rings is 1. The summed E-state index contributed by atoms with van der Waals surface area (Å²) in [5, 5.41) is 3.85. The lowest BCUT2D eigenvalue weighted by Crippen LogP contribution is -2.13. The molecule has 1 aliphatic rings. The molecule has 1 heterocycles. The Hall–Kier alpha value is -0.890. The van der Waals surface area contributed by atoms with Gasteiger partial charge in [0.25, 0.3) is 0 Å². The van der Waals surface area contributed by atoms with Gasteiger partial charge in [0.1, 0.15) is 5.75 Å². The molecule has 1 atom stereocenters. The predicted molar refractivity (Wildman–Crippen MR) is 45.2 cm³/mol. The van der Waals surface area contributed by atoms with Gasteiger partial charge in [0, 0.05) is 11.1 Å². The Morgan fingerprint density at radius 3 is 3.18 bits per heavy atom. The number of hydrogen-bond donors (Lipinski definition) is 1. The van der Waals surface area contributed by atoms with E-state index < -0.39 is 0 Å². The Morgan fingerprint density at radius 2 is 2.36 bits per heavy atom. The monoisotopic (exact) mass is 169 g/mol. The summed E-state index contributed by atoms with van der Waals surface area (Å²) in [5.41, 5.74) is 1.02. The van der Waals surface area contributed by atoms with E-state index in [1.54, 1.807) is 0 Å². The number of hydrogen-bond acceptors (Lipinski definition) is 2. The van der Waals surface area contributed by atoms with E-state index >= 15 is 0 Å². The van der Waals surface area contributed by atoms with E-state index in [0.717, 1.165) is 11.4 Å². The molecule has 2 rings (SSSR count). The first-order valence-electron chi connectivity index (χ1n) is 3.48. The summed E-state index contributed by atoms with van der Waals surface area (Å²) >= 11 is 5.76. The zero-order valence-electron chi connectivity index (χ0n) is 6.10. The molecule has 2 nitrogen and oxygen atoms in total. The summed E-state index contributed by atoms with van der Waals surface area (Å²) in [5.74, 6) is 0.838. The molecule has 1 aliphatic heterocycles. The van der Waals surface area contributed by atoms with Gasteiger partial charge < -0.3 is 10.1 Å². The smallest absolute Gasteiger partial charge is 0.167 e. The van der Waals surface area contributed by atoms with E-state index in [1.807, 2.05) is 25.1 Å². The molecule has 1 aromatic carbocycles. The standard InChI is InChI=1S/C8H8ClNO/c1-5-10-7-3-2-6(9)4-8(7)11-5/h2-5,10H,1H3. The van der Waals surface area contributed by atoms with Crippen LogP contribution in [0.2, 0.25) is 5.02 Å². The van der Waals surface area contributed by atoms with Crippen LogP contribution in [-0.2, 0) is 0 Å².